The van der Waals surface area contributed by atoms with Gasteiger partial charge in [-0.15, -0.1) is 0 Å². The fraction of sp³-hybridized carbons (Fsp3) is 0.0625. The number of hydrogen-bond donors (Lipinski definition) is 0. The second kappa shape index (κ2) is 5.64. The smallest absolute Gasteiger partial charge is 0.496 e. The van der Waals surface area contributed by atoms with Crippen LogP contribution in [-0.4, -0.2) is 27.7 Å². The van der Waals surface area contributed by atoms with Gasteiger partial charge in [-0.2, -0.15) is 0 Å². The second-order valence-corrected chi connectivity index (χ2v) is 7.26. The zero-order chi connectivity index (χ0) is 17.9. The molecule has 0 fully saturated rings. The fourth-order valence-electron chi connectivity index (χ4n) is 3.28. The number of methoxy groups -OCH3 is 1. The maximum Gasteiger partial charge on any atom is 0.738 e. The Balaban J connectivity index is 2.13. The van der Waals surface area contributed by atoms with E-state index in [-0.39, 0.29) is 9.22 Å². The van der Waals surface area contributed by atoms with E-state index in [0.29, 0.717) is 28.3 Å². The van der Waals surface area contributed by atoms with Crippen molar-refractivity contribution >= 4 is 49.0 Å². The number of hydrogen-bond acceptors (Lipinski definition) is 1. The van der Waals surface area contributed by atoms with Gasteiger partial charge >= 0.3 is 6.97 Å². The summed E-state index contributed by atoms with van der Waals surface area (Å²) < 4.78 is 51.9. The summed E-state index contributed by atoms with van der Waals surface area (Å²) in [5.41, 5.74) is 1.46. The van der Waals surface area contributed by atoms with Crippen molar-refractivity contribution in [3.63, 3.8) is 0 Å². The van der Waals surface area contributed by atoms with Gasteiger partial charge < -0.3 is 22.3 Å². The lowest BCUT2D eigenvalue weighted by Crippen LogP contribution is -2.50. The summed E-state index contributed by atoms with van der Waals surface area (Å²) >= 11 is 6.39. The third-order valence-corrected chi connectivity index (χ3v) is 5.59. The maximum absolute atomic E-state index is 15.1. The molecule has 0 atom stereocenters. The molecule has 3 heterocycles. The van der Waals surface area contributed by atoms with Crippen molar-refractivity contribution in [2.75, 3.05) is 7.11 Å². The molecule has 2 aliphatic rings. The normalized spacial score (nSPS) is 17.8. The van der Waals surface area contributed by atoms with Crippen LogP contribution in [0.3, 0.4) is 0 Å². The van der Waals surface area contributed by atoms with Gasteiger partial charge in [0, 0.05) is 39.3 Å². The summed E-state index contributed by atoms with van der Waals surface area (Å²) in [5.74, 6) is -0.0673. The van der Waals surface area contributed by atoms with E-state index in [2.05, 4.69) is 31.9 Å². The van der Waals surface area contributed by atoms with Crippen LogP contribution in [0.4, 0.5) is 13.0 Å². The van der Waals surface area contributed by atoms with E-state index in [1.807, 2.05) is 0 Å². The summed E-state index contributed by atoms with van der Waals surface area (Å²) in [6, 6.07) is 7.19. The van der Waals surface area contributed by atoms with Crippen LogP contribution >= 0.6 is 31.9 Å². The van der Waals surface area contributed by atoms with E-state index >= 15 is 8.63 Å². The van der Waals surface area contributed by atoms with Gasteiger partial charge in [-0.1, -0.05) is 0 Å². The molecule has 128 valence electrons. The van der Waals surface area contributed by atoms with Gasteiger partial charge in [0.2, 0.25) is 4.62 Å². The predicted octanol–water partition coefficient (Wildman–Crippen LogP) is 4.77. The molecular formula is C16H10BBr2F3N2O. The average Bonchev–Trinajstić information content (AvgIpc) is 3.13. The molecule has 9 heteroatoms. The highest BCUT2D eigenvalue weighted by atomic mass is 79.9. The zero-order valence-corrected chi connectivity index (χ0v) is 16.0. The third kappa shape index (κ3) is 2.28. The lowest BCUT2D eigenvalue weighted by molar-refractivity contribution is -0.358. The molecule has 0 unspecified atom stereocenters. The van der Waals surface area contributed by atoms with E-state index in [1.54, 1.807) is 24.3 Å². The van der Waals surface area contributed by atoms with E-state index < -0.39 is 12.8 Å². The molecular weight excluding hydrogens is 464 g/mol. The van der Waals surface area contributed by atoms with Crippen molar-refractivity contribution in [2.24, 2.45) is 0 Å². The van der Waals surface area contributed by atoms with Gasteiger partial charge in [-0.3, -0.25) is 0 Å². The number of allylic oxidation sites excluding steroid dienone is 2. The Labute approximate surface area is 158 Å². The summed E-state index contributed by atoms with van der Waals surface area (Å²) in [6.45, 7) is -4.11. The van der Waals surface area contributed by atoms with Crippen LogP contribution in [0.5, 0.6) is 5.75 Å². The van der Waals surface area contributed by atoms with Crippen molar-refractivity contribution in [3.05, 3.63) is 69.9 Å². The van der Waals surface area contributed by atoms with Gasteiger partial charge in [0.05, 0.1) is 17.3 Å². The second-order valence-electron chi connectivity index (χ2n) is 5.63. The molecule has 0 aliphatic carbocycles. The number of benzene rings is 1. The summed E-state index contributed by atoms with van der Waals surface area (Å²) in [5, 5.41) is 0. The fourth-order valence-corrected chi connectivity index (χ4v) is 4.42. The van der Waals surface area contributed by atoms with Crippen LogP contribution in [0.1, 0.15) is 11.3 Å². The molecule has 0 bridgehead atoms. The molecule has 25 heavy (non-hydrogen) atoms. The first-order chi connectivity index (χ1) is 11.9. The quantitative estimate of drug-likeness (QED) is 0.574. The number of rotatable bonds is 2. The first kappa shape index (κ1) is 16.7. The van der Waals surface area contributed by atoms with Crippen LogP contribution < -0.4 is 4.74 Å². The number of fused-ring (bicyclic) bond motifs is 2. The Kier molecular flexibility index (Phi) is 3.77. The van der Waals surface area contributed by atoms with Crippen LogP contribution in [0.25, 0.3) is 5.57 Å². The van der Waals surface area contributed by atoms with E-state index in [1.165, 1.54) is 25.3 Å². The number of nitrogens with zero attached hydrogens (tertiary/aromatic N) is 2. The molecule has 0 saturated heterocycles. The number of aromatic nitrogens is 1. The molecule has 0 spiro atoms. The highest BCUT2D eigenvalue weighted by Gasteiger charge is 2.54. The Bertz CT molecular complexity index is 1010. The molecule has 1 aromatic heterocycles. The summed E-state index contributed by atoms with van der Waals surface area (Å²) in [4.78, 5) is 0. The Morgan fingerprint density at radius 1 is 1.12 bits per heavy atom. The average molecular weight is 474 g/mol. The van der Waals surface area contributed by atoms with Crippen molar-refractivity contribution in [1.82, 2.24) is 4.48 Å². The first-order valence-electron chi connectivity index (χ1n) is 7.34. The Morgan fingerprint density at radius 2 is 1.88 bits per heavy atom. The molecule has 0 N–H and O–H groups in total. The van der Waals surface area contributed by atoms with Crippen molar-refractivity contribution < 1.29 is 22.2 Å². The Morgan fingerprint density at radius 3 is 2.60 bits per heavy atom. The molecule has 1 aromatic carbocycles. The van der Waals surface area contributed by atoms with Crippen molar-refractivity contribution in [2.45, 2.75) is 0 Å². The number of ether oxygens (including phenoxy) is 1. The monoisotopic (exact) mass is 472 g/mol. The third-order valence-electron chi connectivity index (χ3n) is 4.30. The topological polar surface area (TPSA) is 17.2 Å². The van der Waals surface area contributed by atoms with Crippen molar-refractivity contribution in [1.29, 1.82) is 0 Å². The standard InChI is InChI=1S/C16H10BBr2F3N2O/c1-25-13-5-2-9(20)8-10(13)16-11-3-6-14(18)23(11)17(21,22)24-12(16)4-7-15(24)19/h2-8H,1H3. The maximum atomic E-state index is 15.1. The first-order valence-corrected chi connectivity index (χ1v) is 8.92. The Hall–Kier alpha value is -1.74. The van der Waals surface area contributed by atoms with Crippen LogP contribution in [0, 0.1) is 5.82 Å². The lowest BCUT2D eigenvalue weighted by Gasteiger charge is -2.32. The van der Waals surface area contributed by atoms with E-state index in [0.717, 1.165) is 8.96 Å². The number of halogens is 5. The predicted molar refractivity (Wildman–Crippen MR) is 97.8 cm³/mol. The van der Waals surface area contributed by atoms with Gasteiger partial charge in [0.25, 0.3) is 0 Å². The molecule has 3 nitrogen and oxygen atoms in total. The van der Waals surface area contributed by atoms with E-state index in [9.17, 15) is 4.39 Å². The van der Waals surface area contributed by atoms with Gasteiger partial charge in [0.1, 0.15) is 11.6 Å². The minimum Gasteiger partial charge on any atom is -0.496 e. The van der Waals surface area contributed by atoms with E-state index in [4.69, 9.17) is 4.74 Å². The summed E-state index contributed by atoms with van der Waals surface area (Å²) in [7, 11) is 1.46. The van der Waals surface area contributed by atoms with Crippen LogP contribution in [0.2, 0.25) is 0 Å². The summed E-state index contributed by atoms with van der Waals surface area (Å²) in [6.07, 6.45) is 3.14. The largest absolute Gasteiger partial charge is 0.738 e. The minimum atomic E-state index is -4.11. The molecule has 2 aliphatic heterocycles. The zero-order valence-electron chi connectivity index (χ0n) is 12.8. The highest BCUT2D eigenvalue weighted by Crippen LogP contribution is 2.44. The molecule has 2 aromatic rings. The SMILES string of the molecule is COc1ccc(F)cc1C1=C2C=CC(Br)=[N+]2[B-](F)(F)n2c(Br)ccc21. The van der Waals surface area contributed by atoms with Crippen molar-refractivity contribution in [3.8, 4) is 5.75 Å². The minimum absolute atomic E-state index is 0.242. The highest BCUT2D eigenvalue weighted by molar-refractivity contribution is 9.18. The van der Waals surface area contributed by atoms with Gasteiger partial charge in [-0.05, 0) is 46.3 Å². The molecule has 0 radical (unpaired) electrons. The molecule has 0 amide bonds. The van der Waals surface area contributed by atoms with Gasteiger partial charge in [0.15, 0.2) is 5.70 Å². The lowest BCUT2D eigenvalue weighted by atomic mass is 9.86. The van der Waals surface area contributed by atoms with Crippen LogP contribution in [0.15, 0.2) is 52.8 Å². The molecule has 0 saturated carbocycles. The van der Waals surface area contributed by atoms with Crippen LogP contribution in [-0.2, 0) is 0 Å². The van der Waals surface area contributed by atoms with Gasteiger partial charge in [-0.25, -0.2) is 4.39 Å². The molecule has 4 rings (SSSR count).